The Bertz CT molecular complexity index is 1040. The van der Waals surface area contributed by atoms with Crippen molar-refractivity contribution in [3.05, 3.63) is 71.0 Å². The molecule has 7 nitrogen and oxygen atoms in total. The van der Waals surface area contributed by atoms with Gasteiger partial charge >= 0.3 is 5.97 Å². The lowest BCUT2D eigenvalue weighted by Crippen LogP contribution is -2.39. The molecule has 0 saturated heterocycles. The van der Waals surface area contributed by atoms with Crippen LogP contribution < -0.4 is 4.31 Å². The summed E-state index contributed by atoms with van der Waals surface area (Å²) in [5.41, 5.74) is 0.548. The SMILES string of the molecule is Cc1ccc(S(=O)(=O)N2CC(=C(O)C(=O)O)C(=O)c3ccccc32)cc1. The molecule has 0 saturated carbocycles. The maximum atomic E-state index is 13.1. The number of sulfonamides is 1. The van der Waals surface area contributed by atoms with Gasteiger partial charge in [0, 0.05) is 5.56 Å². The van der Waals surface area contributed by atoms with Crippen LogP contribution >= 0.6 is 0 Å². The molecule has 1 heterocycles. The maximum Gasteiger partial charge on any atom is 0.371 e. The number of aryl methyl sites for hydroxylation is 1. The van der Waals surface area contributed by atoms with Crippen LogP contribution in [0.1, 0.15) is 15.9 Å². The fourth-order valence-electron chi connectivity index (χ4n) is 2.71. The Morgan fingerprint density at radius 3 is 2.27 bits per heavy atom. The molecule has 1 aliphatic heterocycles. The molecule has 0 radical (unpaired) electrons. The van der Waals surface area contributed by atoms with Crippen LogP contribution in [0.5, 0.6) is 0 Å². The molecule has 0 amide bonds. The van der Waals surface area contributed by atoms with Crippen molar-refractivity contribution in [2.45, 2.75) is 11.8 Å². The molecule has 26 heavy (non-hydrogen) atoms. The average molecular weight is 373 g/mol. The number of benzene rings is 2. The van der Waals surface area contributed by atoms with E-state index in [2.05, 4.69) is 0 Å². The predicted molar refractivity (Wildman–Crippen MR) is 93.8 cm³/mol. The van der Waals surface area contributed by atoms with Gasteiger partial charge in [0.25, 0.3) is 10.0 Å². The largest absolute Gasteiger partial charge is 0.501 e. The molecule has 2 N–H and O–H groups in total. The first-order valence-electron chi connectivity index (χ1n) is 7.62. The molecular formula is C18H15NO6S. The Kier molecular flexibility index (Phi) is 4.29. The number of Topliss-reactive ketones (excluding diaryl/α,β-unsaturated/α-hetero) is 1. The molecule has 0 spiro atoms. The van der Waals surface area contributed by atoms with E-state index >= 15 is 0 Å². The van der Waals surface area contributed by atoms with Gasteiger partial charge in [-0.05, 0) is 31.2 Å². The van der Waals surface area contributed by atoms with Crippen LogP contribution in [0.25, 0.3) is 0 Å². The third-order valence-corrected chi connectivity index (χ3v) is 5.86. The van der Waals surface area contributed by atoms with Gasteiger partial charge in [-0.3, -0.25) is 9.10 Å². The van der Waals surface area contributed by atoms with Crippen molar-refractivity contribution < 1.29 is 28.2 Å². The van der Waals surface area contributed by atoms with Crippen molar-refractivity contribution in [1.82, 2.24) is 0 Å². The van der Waals surface area contributed by atoms with E-state index in [-0.39, 0.29) is 16.1 Å². The Hall–Kier alpha value is -3.13. The van der Waals surface area contributed by atoms with Gasteiger partial charge in [0.2, 0.25) is 5.76 Å². The minimum atomic E-state index is -4.06. The van der Waals surface area contributed by atoms with E-state index in [0.717, 1.165) is 9.87 Å². The molecule has 3 rings (SSSR count). The lowest BCUT2D eigenvalue weighted by Gasteiger charge is -2.31. The highest BCUT2D eigenvalue weighted by Crippen LogP contribution is 2.34. The van der Waals surface area contributed by atoms with Crippen LogP contribution in [-0.2, 0) is 14.8 Å². The zero-order chi connectivity index (χ0) is 19.1. The summed E-state index contributed by atoms with van der Waals surface area (Å²) >= 11 is 0. The molecule has 0 atom stereocenters. The summed E-state index contributed by atoms with van der Waals surface area (Å²) in [5.74, 6) is -3.56. The quantitative estimate of drug-likeness (QED) is 0.631. The number of hydrogen-bond acceptors (Lipinski definition) is 5. The van der Waals surface area contributed by atoms with Gasteiger partial charge < -0.3 is 10.2 Å². The number of nitrogens with zero attached hydrogens (tertiary/aromatic N) is 1. The summed E-state index contributed by atoms with van der Waals surface area (Å²) in [6, 6.07) is 12.1. The van der Waals surface area contributed by atoms with Crippen LogP contribution in [-0.4, -0.2) is 36.9 Å². The number of carboxylic acids is 1. The minimum absolute atomic E-state index is 0.00131. The van der Waals surface area contributed by atoms with Crippen molar-refractivity contribution >= 4 is 27.5 Å². The Morgan fingerprint density at radius 1 is 1.04 bits per heavy atom. The number of aliphatic hydroxyl groups is 1. The fraction of sp³-hybridized carbons (Fsp3) is 0.111. The zero-order valence-electron chi connectivity index (χ0n) is 13.7. The second-order valence-corrected chi connectivity index (χ2v) is 7.67. The number of fused-ring (bicyclic) bond motifs is 1. The number of rotatable bonds is 3. The van der Waals surface area contributed by atoms with Crippen molar-refractivity contribution in [3.8, 4) is 0 Å². The highest BCUT2D eigenvalue weighted by Gasteiger charge is 2.37. The first-order chi connectivity index (χ1) is 12.2. The third kappa shape index (κ3) is 2.84. The molecule has 2 aromatic carbocycles. The normalized spacial score (nSPS) is 16.2. The van der Waals surface area contributed by atoms with Gasteiger partial charge in [-0.1, -0.05) is 29.8 Å². The lowest BCUT2D eigenvalue weighted by molar-refractivity contribution is -0.135. The molecule has 1 aliphatic rings. The van der Waals surface area contributed by atoms with E-state index in [1.54, 1.807) is 18.2 Å². The number of ketones is 1. The summed E-state index contributed by atoms with van der Waals surface area (Å²) in [6.45, 7) is 1.25. The number of carbonyl (C=O) groups excluding carboxylic acids is 1. The monoisotopic (exact) mass is 373 g/mol. The molecule has 0 bridgehead atoms. The highest BCUT2D eigenvalue weighted by atomic mass is 32.2. The number of carboxylic acid groups (broad SMARTS) is 1. The number of aliphatic hydroxyl groups excluding tert-OH is 1. The summed E-state index contributed by atoms with van der Waals surface area (Å²) in [6.07, 6.45) is 0. The van der Waals surface area contributed by atoms with Crippen LogP contribution in [0, 0.1) is 6.92 Å². The van der Waals surface area contributed by atoms with Crippen molar-refractivity contribution in [1.29, 1.82) is 0 Å². The second-order valence-electron chi connectivity index (χ2n) is 5.80. The van der Waals surface area contributed by atoms with Crippen LogP contribution in [0.4, 0.5) is 5.69 Å². The van der Waals surface area contributed by atoms with Gasteiger partial charge in [0.15, 0.2) is 5.78 Å². The topological polar surface area (TPSA) is 112 Å². The average Bonchev–Trinajstić information content (AvgIpc) is 2.62. The van der Waals surface area contributed by atoms with Crippen molar-refractivity contribution in [2.24, 2.45) is 0 Å². The minimum Gasteiger partial charge on any atom is -0.501 e. The third-order valence-electron chi connectivity index (χ3n) is 4.09. The first-order valence-corrected chi connectivity index (χ1v) is 9.06. The lowest BCUT2D eigenvalue weighted by atomic mass is 9.96. The van der Waals surface area contributed by atoms with E-state index < -0.39 is 39.7 Å². The molecule has 2 aromatic rings. The summed E-state index contributed by atoms with van der Waals surface area (Å²) in [5, 5.41) is 18.8. The van der Waals surface area contributed by atoms with E-state index in [4.69, 9.17) is 5.11 Å². The number of anilines is 1. The van der Waals surface area contributed by atoms with E-state index in [0.29, 0.717) is 0 Å². The number of aliphatic carboxylic acids is 1. The van der Waals surface area contributed by atoms with Crippen LogP contribution in [0.3, 0.4) is 0 Å². The van der Waals surface area contributed by atoms with E-state index in [9.17, 15) is 23.1 Å². The van der Waals surface area contributed by atoms with E-state index in [1.165, 1.54) is 30.3 Å². The molecule has 0 aliphatic carbocycles. The Balaban J connectivity index is 2.22. The molecule has 134 valence electrons. The number of para-hydroxylation sites is 1. The number of hydrogen-bond donors (Lipinski definition) is 2. The predicted octanol–water partition coefficient (Wildman–Crippen LogP) is 2.28. The van der Waals surface area contributed by atoms with Gasteiger partial charge in [-0.2, -0.15) is 0 Å². The Labute approximate surface area is 149 Å². The molecule has 0 fully saturated rings. The molecule has 8 heteroatoms. The number of carbonyl (C=O) groups is 2. The van der Waals surface area contributed by atoms with Gasteiger partial charge in [0.05, 0.1) is 22.7 Å². The van der Waals surface area contributed by atoms with Crippen molar-refractivity contribution in [3.63, 3.8) is 0 Å². The zero-order valence-corrected chi connectivity index (χ0v) is 14.5. The molecule has 0 unspecified atom stereocenters. The van der Waals surface area contributed by atoms with Crippen LogP contribution in [0.2, 0.25) is 0 Å². The summed E-state index contributed by atoms with van der Waals surface area (Å²) in [4.78, 5) is 23.6. The van der Waals surface area contributed by atoms with Gasteiger partial charge in [-0.25, -0.2) is 13.2 Å². The first kappa shape index (κ1) is 17.7. The smallest absolute Gasteiger partial charge is 0.371 e. The second kappa shape index (κ2) is 6.30. The maximum absolute atomic E-state index is 13.1. The van der Waals surface area contributed by atoms with Gasteiger partial charge in [-0.15, -0.1) is 0 Å². The van der Waals surface area contributed by atoms with E-state index in [1.807, 2.05) is 6.92 Å². The molecule has 0 aromatic heterocycles. The summed E-state index contributed by atoms with van der Waals surface area (Å²) in [7, 11) is -4.06. The fourth-order valence-corrected chi connectivity index (χ4v) is 4.16. The standard InChI is InChI=1S/C18H15NO6S/c1-11-6-8-12(9-7-11)26(24,25)19-10-14(17(21)18(22)23)16(20)13-4-2-3-5-15(13)19/h2-9,21H,10H2,1H3,(H,22,23). The van der Waals surface area contributed by atoms with Gasteiger partial charge in [0.1, 0.15) is 0 Å². The van der Waals surface area contributed by atoms with Crippen LogP contribution in [0.15, 0.2) is 64.8 Å². The Morgan fingerprint density at radius 2 is 1.65 bits per heavy atom. The summed E-state index contributed by atoms with van der Waals surface area (Å²) < 4.78 is 27.1. The highest BCUT2D eigenvalue weighted by molar-refractivity contribution is 7.92. The molecular weight excluding hydrogens is 358 g/mol. The van der Waals surface area contributed by atoms with Crippen molar-refractivity contribution in [2.75, 3.05) is 10.8 Å².